The molecule has 1 rings (SSSR count). The van der Waals surface area contributed by atoms with Crippen LogP contribution in [0.5, 0.6) is 5.75 Å². The van der Waals surface area contributed by atoms with Crippen LogP contribution in [0.3, 0.4) is 0 Å². The molecule has 0 aliphatic carbocycles. The summed E-state index contributed by atoms with van der Waals surface area (Å²) < 4.78 is 5.63. The van der Waals surface area contributed by atoms with E-state index in [1.807, 2.05) is 25.1 Å². The second kappa shape index (κ2) is 6.71. The fraction of sp³-hybridized carbons (Fsp3) is 0.417. The summed E-state index contributed by atoms with van der Waals surface area (Å²) in [5, 5.41) is 0.735. The predicted octanol–water partition coefficient (Wildman–Crippen LogP) is 3.48. The van der Waals surface area contributed by atoms with Gasteiger partial charge in [-0.05, 0) is 49.9 Å². The van der Waals surface area contributed by atoms with Crippen molar-refractivity contribution < 1.29 is 4.74 Å². The predicted molar refractivity (Wildman–Crippen MR) is 72.3 cm³/mol. The molecule has 4 heteroatoms. The molecule has 0 fully saturated rings. The van der Waals surface area contributed by atoms with Crippen LogP contribution in [0.1, 0.15) is 24.8 Å². The Kier molecular flexibility index (Phi) is 5.56. The van der Waals surface area contributed by atoms with Crippen LogP contribution in [0.2, 0.25) is 5.02 Å². The van der Waals surface area contributed by atoms with Gasteiger partial charge >= 0.3 is 0 Å². The Balaban J connectivity index is 2.29. The lowest BCUT2D eigenvalue weighted by molar-refractivity contribution is 0.306. The van der Waals surface area contributed by atoms with Crippen molar-refractivity contribution in [3.8, 4) is 5.75 Å². The van der Waals surface area contributed by atoms with Gasteiger partial charge < -0.3 is 10.5 Å². The summed E-state index contributed by atoms with van der Waals surface area (Å²) in [5.74, 6) is 0.889. The van der Waals surface area contributed by atoms with Crippen molar-refractivity contribution in [2.75, 3.05) is 6.61 Å². The highest BCUT2D eigenvalue weighted by Gasteiger charge is 2.00. The third-order valence-electron chi connectivity index (χ3n) is 2.21. The van der Waals surface area contributed by atoms with E-state index in [1.165, 1.54) is 0 Å². The van der Waals surface area contributed by atoms with Crippen molar-refractivity contribution in [2.24, 2.45) is 5.73 Å². The molecule has 2 nitrogen and oxygen atoms in total. The summed E-state index contributed by atoms with van der Waals surface area (Å²) >= 11 is 10.6. The molecule has 1 aromatic rings. The molecular weight excluding hydrogens is 242 g/mol. The maximum Gasteiger partial charge on any atom is 0.122 e. The molecule has 0 aromatic heterocycles. The lowest BCUT2D eigenvalue weighted by atomic mass is 10.2. The van der Waals surface area contributed by atoms with Crippen LogP contribution in [-0.4, -0.2) is 11.6 Å². The number of hydrogen-bond donors (Lipinski definition) is 1. The minimum Gasteiger partial charge on any atom is -0.493 e. The lowest BCUT2D eigenvalue weighted by Gasteiger charge is -2.08. The van der Waals surface area contributed by atoms with Gasteiger partial charge in [0.15, 0.2) is 0 Å². The van der Waals surface area contributed by atoms with Crippen LogP contribution in [0.15, 0.2) is 18.2 Å². The molecule has 88 valence electrons. The van der Waals surface area contributed by atoms with Gasteiger partial charge in [0.1, 0.15) is 5.75 Å². The highest BCUT2D eigenvalue weighted by Crippen LogP contribution is 2.21. The monoisotopic (exact) mass is 257 g/mol. The molecule has 0 bridgehead atoms. The summed E-state index contributed by atoms with van der Waals surface area (Å²) in [6.45, 7) is 2.67. The van der Waals surface area contributed by atoms with Gasteiger partial charge in [-0.15, -0.1) is 0 Å². The Morgan fingerprint density at radius 3 is 2.81 bits per heavy atom. The molecule has 2 N–H and O–H groups in total. The molecule has 16 heavy (non-hydrogen) atoms. The summed E-state index contributed by atoms with van der Waals surface area (Å²) in [6, 6.07) is 5.62. The molecule has 0 spiro atoms. The average Bonchev–Trinajstić information content (AvgIpc) is 2.20. The maximum atomic E-state index is 5.85. The number of rotatable bonds is 6. The normalized spacial score (nSPS) is 10.1. The van der Waals surface area contributed by atoms with E-state index < -0.39 is 0 Å². The number of aryl methyl sites for hydroxylation is 1. The Bertz CT molecular complexity index is 368. The lowest BCUT2D eigenvalue weighted by Crippen LogP contribution is -2.08. The molecule has 0 radical (unpaired) electrons. The van der Waals surface area contributed by atoms with Crippen molar-refractivity contribution in [1.82, 2.24) is 0 Å². The van der Waals surface area contributed by atoms with Crippen molar-refractivity contribution in [1.29, 1.82) is 0 Å². The fourth-order valence-electron chi connectivity index (χ4n) is 1.36. The SMILES string of the molecule is Cc1cc(Cl)ccc1OCCCCC(N)=S. The quantitative estimate of drug-likeness (QED) is 0.626. The standard InChI is InChI=1S/C12H16ClNOS/c1-9-8-10(13)5-6-11(9)15-7-3-2-4-12(14)16/h5-6,8H,2-4,7H2,1H3,(H2,14,16). The first-order valence-corrected chi connectivity index (χ1v) is 6.05. The zero-order chi connectivity index (χ0) is 12.0. The number of unbranched alkanes of at least 4 members (excludes halogenated alkanes) is 1. The number of halogens is 1. The summed E-state index contributed by atoms with van der Waals surface area (Å²) in [5.41, 5.74) is 6.46. The van der Waals surface area contributed by atoms with Crippen molar-refractivity contribution in [2.45, 2.75) is 26.2 Å². The Morgan fingerprint density at radius 2 is 2.19 bits per heavy atom. The van der Waals surface area contributed by atoms with E-state index >= 15 is 0 Å². The molecule has 0 saturated heterocycles. The van der Waals surface area contributed by atoms with Crippen LogP contribution in [0.25, 0.3) is 0 Å². The maximum absolute atomic E-state index is 5.85. The van der Waals surface area contributed by atoms with E-state index in [0.717, 1.165) is 35.6 Å². The first-order valence-electron chi connectivity index (χ1n) is 5.27. The van der Waals surface area contributed by atoms with Crippen molar-refractivity contribution in [3.63, 3.8) is 0 Å². The molecule has 0 saturated carbocycles. The fourth-order valence-corrected chi connectivity index (χ4v) is 1.73. The smallest absolute Gasteiger partial charge is 0.122 e. The van der Waals surface area contributed by atoms with Gasteiger partial charge in [-0.2, -0.15) is 0 Å². The van der Waals surface area contributed by atoms with Crippen LogP contribution < -0.4 is 10.5 Å². The van der Waals surface area contributed by atoms with Crippen molar-refractivity contribution >= 4 is 28.8 Å². The number of ether oxygens (including phenoxy) is 1. The van der Waals surface area contributed by atoms with E-state index in [1.54, 1.807) is 0 Å². The van der Waals surface area contributed by atoms with Gasteiger partial charge in [0.2, 0.25) is 0 Å². The number of hydrogen-bond acceptors (Lipinski definition) is 2. The highest BCUT2D eigenvalue weighted by atomic mass is 35.5. The Morgan fingerprint density at radius 1 is 1.44 bits per heavy atom. The van der Waals surface area contributed by atoms with Crippen molar-refractivity contribution in [3.05, 3.63) is 28.8 Å². The zero-order valence-corrected chi connectivity index (χ0v) is 10.9. The molecule has 0 heterocycles. The largest absolute Gasteiger partial charge is 0.493 e. The minimum absolute atomic E-state index is 0.572. The molecule has 0 unspecified atom stereocenters. The van der Waals surface area contributed by atoms with E-state index in [4.69, 9.17) is 34.3 Å². The Labute approximate surface area is 107 Å². The number of benzene rings is 1. The topological polar surface area (TPSA) is 35.2 Å². The summed E-state index contributed by atoms with van der Waals surface area (Å²) in [6.07, 6.45) is 2.72. The average molecular weight is 258 g/mol. The van der Waals surface area contributed by atoms with Gasteiger partial charge in [0, 0.05) is 5.02 Å². The van der Waals surface area contributed by atoms with Gasteiger partial charge in [-0.25, -0.2) is 0 Å². The van der Waals surface area contributed by atoms with Gasteiger partial charge in [0.05, 0.1) is 11.6 Å². The Hall–Kier alpha value is -0.800. The molecular formula is C12H16ClNOS. The highest BCUT2D eigenvalue weighted by molar-refractivity contribution is 7.80. The second-order valence-electron chi connectivity index (χ2n) is 3.68. The third-order valence-corrected chi connectivity index (χ3v) is 2.65. The van der Waals surface area contributed by atoms with Crippen LogP contribution >= 0.6 is 23.8 Å². The molecule has 0 aliphatic heterocycles. The van der Waals surface area contributed by atoms with E-state index in [0.29, 0.717) is 11.6 Å². The minimum atomic E-state index is 0.572. The molecule has 0 amide bonds. The second-order valence-corrected chi connectivity index (χ2v) is 4.64. The van der Waals surface area contributed by atoms with E-state index in [2.05, 4.69) is 0 Å². The van der Waals surface area contributed by atoms with Gasteiger partial charge in [-0.1, -0.05) is 23.8 Å². The summed E-state index contributed by atoms with van der Waals surface area (Å²) in [4.78, 5) is 0.572. The van der Waals surface area contributed by atoms with Crippen LogP contribution in [-0.2, 0) is 0 Å². The molecule has 0 aliphatic rings. The number of nitrogens with two attached hydrogens (primary N) is 1. The molecule has 0 atom stereocenters. The van der Waals surface area contributed by atoms with Gasteiger partial charge in [0.25, 0.3) is 0 Å². The molecule has 1 aromatic carbocycles. The van der Waals surface area contributed by atoms with E-state index in [9.17, 15) is 0 Å². The number of thiocarbonyl (C=S) groups is 1. The van der Waals surface area contributed by atoms with Crippen LogP contribution in [0, 0.1) is 6.92 Å². The summed E-state index contributed by atoms with van der Waals surface area (Å²) in [7, 11) is 0. The first-order chi connectivity index (χ1) is 7.59. The van der Waals surface area contributed by atoms with Gasteiger partial charge in [-0.3, -0.25) is 0 Å². The third kappa shape index (κ3) is 4.81. The zero-order valence-electron chi connectivity index (χ0n) is 9.33. The first kappa shape index (κ1) is 13.3. The van der Waals surface area contributed by atoms with Crippen LogP contribution in [0.4, 0.5) is 0 Å². The van der Waals surface area contributed by atoms with E-state index in [-0.39, 0.29) is 0 Å².